The zero-order chi connectivity index (χ0) is 26.1. The summed E-state index contributed by atoms with van der Waals surface area (Å²) in [5, 5.41) is 0.596. The number of hydrogen-bond donors (Lipinski definition) is 0. The van der Waals surface area contributed by atoms with E-state index in [4.69, 9.17) is 18.6 Å². The van der Waals surface area contributed by atoms with Crippen LogP contribution in [0.5, 0.6) is 17.2 Å². The molecule has 5 aromatic rings. The molecule has 1 aliphatic heterocycles. The second-order valence-corrected chi connectivity index (χ2v) is 8.86. The number of furan rings is 1. The van der Waals surface area contributed by atoms with Crippen molar-refractivity contribution < 1.29 is 28.2 Å². The molecule has 186 valence electrons. The minimum Gasteiger partial charge on any atom is -0.489 e. The van der Waals surface area contributed by atoms with Gasteiger partial charge in [0.2, 0.25) is 5.78 Å². The maximum atomic E-state index is 13.2. The third-order valence-corrected chi connectivity index (χ3v) is 6.24. The predicted molar refractivity (Wildman–Crippen MR) is 143 cm³/mol. The monoisotopic (exact) mass is 502 g/mol. The van der Waals surface area contributed by atoms with Crippen LogP contribution in [0, 0.1) is 6.92 Å². The summed E-state index contributed by atoms with van der Waals surface area (Å²) in [5.41, 5.74) is 3.17. The number of rotatable bonds is 6. The van der Waals surface area contributed by atoms with Crippen LogP contribution in [0.1, 0.15) is 37.6 Å². The van der Waals surface area contributed by atoms with E-state index < -0.39 is 5.97 Å². The highest BCUT2D eigenvalue weighted by Crippen LogP contribution is 2.36. The second kappa shape index (κ2) is 9.75. The quantitative estimate of drug-likeness (QED) is 0.139. The molecule has 0 saturated carbocycles. The Kier molecular flexibility index (Phi) is 5.98. The van der Waals surface area contributed by atoms with Crippen LogP contribution in [-0.2, 0) is 6.61 Å². The molecular formula is C32H22O6. The number of hydrogen-bond acceptors (Lipinski definition) is 6. The smallest absolute Gasteiger partial charge is 0.347 e. The van der Waals surface area contributed by atoms with E-state index in [0.29, 0.717) is 46.0 Å². The number of benzene rings is 4. The summed E-state index contributed by atoms with van der Waals surface area (Å²) in [6.45, 7) is 2.11. The van der Waals surface area contributed by atoms with E-state index in [9.17, 15) is 9.59 Å². The zero-order valence-corrected chi connectivity index (χ0v) is 20.5. The number of ketones is 1. The Bertz CT molecular complexity index is 1700. The average Bonchev–Trinajstić information content (AvgIpc) is 3.43. The third-order valence-electron chi connectivity index (χ3n) is 6.24. The van der Waals surface area contributed by atoms with Gasteiger partial charge in [-0.2, -0.15) is 0 Å². The Labute approximate surface area is 218 Å². The maximum absolute atomic E-state index is 13.2. The molecule has 0 radical (unpaired) electrons. The van der Waals surface area contributed by atoms with Crippen molar-refractivity contribution in [3.63, 3.8) is 0 Å². The van der Waals surface area contributed by atoms with E-state index in [0.717, 1.165) is 11.1 Å². The van der Waals surface area contributed by atoms with Crippen LogP contribution in [-0.4, -0.2) is 11.8 Å². The first kappa shape index (κ1) is 23.3. The van der Waals surface area contributed by atoms with Crippen LogP contribution in [0.25, 0.3) is 17.0 Å². The van der Waals surface area contributed by atoms with Gasteiger partial charge < -0.3 is 18.6 Å². The van der Waals surface area contributed by atoms with Gasteiger partial charge in [0, 0.05) is 11.5 Å². The molecule has 1 aliphatic rings. The zero-order valence-electron chi connectivity index (χ0n) is 20.5. The summed E-state index contributed by atoms with van der Waals surface area (Å²) in [5.74, 6) is 1.06. The average molecular weight is 503 g/mol. The molecule has 0 atom stereocenters. The van der Waals surface area contributed by atoms with Gasteiger partial charge in [0.15, 0.2) is 5.76 Å². The minimum atomic E-state index is -0.578. The first-order valence-electron chi connectivity index (χ1n) is 12.1. The summed E-state index contributed by atoms with van der Waals surface area (Å²) in [6.07, 6.45) is 1.69. The van der Waals surface area contributed by atoms with Crippen LogP contribution < -0.4 is 14.2 Å². The first-order valence-corrected chi connectivity index (χ1v) is 12.1. The summed E-state index contributed by atoms with van der Waals surface area (Å²) >= 11 is 0. The number of allylic oxidation sites excluding steroid dienone is 1. The number of carbonyl (C=O) groups excluding carboxylic acids is 2. The lowest BCUT2D eigenvalue weighted by Gasteiger charge is -2.07. The molecular weight excluding hydrogens is 480 g/mol. The van der Waals surface area contributed by atoms with Gasteiger partial charge in [-0.25, -0.2) is 4.79 Å². The summed E-state index contributed by atoms with van der Waals surface area (Å²) in [4.78, 5) is 26.0. The van der Waals surface area contributed by atoms with Crippen molar-refractivity contribution in [2.24, 2.45) is 0 Å². The predicted octanol–water partition coefficient (Wildman–Crippen LogP) is 7.16. The van der Waals surface area contributed by atoms with Gasteiger partial charge in [-0.1, -0.05) is 60.7 Å². The van der Waals surface area contributed by atoms with Crippen molar-refractivity contribution in [1.82, 2.24) is 0 Å². The van der Waals surface area contributed by atoms with Crippen molar-refractivity contribution in [2.45, 2.75) is 13.5 Å². The maximum Gasteiger partial charge on any atom is 0.347 e. The molecule has 0 aliphatic carbocycles. The van der Waals surface area contributed by atoms with Gasteiger partial charge >= 0.3 is 5.97 Å². The van der Waals surface area contributed by atoms with E-state index in [1.165, 1.54) is 0 Å². The third kappa shape index (κ3) is 4.55. The molecule has 6 nitrogen and oxygen atoms in total. The molecule has 0 unspecified atom stereocenters. The lowest BCUT2D eigenvalue weighted by atomic mass is 10.1. The van der Waals surface area contributed by atoms with E-state index in [1.54, 1.807) is 49.4 Å². The number of fused-ring (bicyclic) bond motifs is 2. The fraction of sp³-hybridized carbons (Fsp3) is 0.0625. The second-order valence-electron chi connectivity index (χ2n) is 8.86. The molecule has 2 heterocycles. The minimum absolute atomic E-state index is 0.217. The topological polar surface area (TPSA) is 75.0 Å². The van der Waals surface area contributed by atoms with Gasteiger partial charge in [-0.15, -0.1) is 0 Å². The van der Waals surface area contributed by atoms with E-state index in [-0.39, 0.29) is 17.3 Å². The van der Waals surface area contributed by atoms with Crippen molar-refractivity contribution >= 4 is 28.8 Å². The van der Waals surface area contributed by atoms with Crippen molar-refractivity contribution in [1.29, 1.82) is 0 Å². The van der Waals surface area contributed by atoms with Crippen LogP contribution in [0.2, 0.25) is 0 Å². The Morgan fingerprint density at radius 3 is 2.39 bits per heavy atom. The highest BCUT2D eigenvalue weighted by Gasteiger charge is 2.28. The van der Waals surface area contributed by atoms with Crippen LogP contribution in [0.3, 0.4) is 0 Å². The number of esters is 1. The van der Waals surface area contributed by atoms with Gasteiger partial charge in [-0.3, -0.25) is 4.79 Å². The summed E-state index contributed by atoms with van der Waals surface area (Å²) in [7, 11) is 0. The highest BCUT2D eigenvalue weighted by atomic mass is 16.5. The molecule has 0 N–H and O–H groups in total. The van der Waals surface area contributed by atoms with E-state index in [2.05, 4.69) is 0 Å². The number of ether oxygens (including phenoxy) is 3. The molecule has 0 amide bonds. The van der Waals surface area contributed by atoms with Crippen molar-refractivity contribution in [2.75, 3.05) is 0 Å². The van der Waals surface area contributed by atoms with Gasteiger partial charge in [0.25, 0.3) is 0 Å². The van der Waals surface area contributed by atoms with Crippen molar-refractivity contribution in [3.05, 3.63) is 131 Å². The molecule has 6 heteroatoms. The van der Waals surface area contributed by atoms with Crippen molar-refractivity contribution in [3.8, 4) is 17.2 Å². The van der Waals surface area contributed by atoms with Gasteiger partial charge in [-0.05, 0) is 54.5 Å². The molecule has 38 heavy (non-hydrogen) atoms. The van der Waals surface area contributed by atoms with E-state index in [1.807, 2.05) is 60.7 Å². The molecule has 0 saturated heterocycles. The normalized spacial score (nSPS) is 13.4. The molecule has 0 spiro atoms. The molecule has 0 bridgehead atoms. The Morgan fingerprint density at radius 2 is 1.61 bits per heavy atom. The van der Waals surface area contributed by atoms with Crippen LogP contribution in [0.4, 0.5) is 0 Å². The standard InChI is InChI=1S/C32H22O6/c1-20-30(26-17-23(13-15-27(26)36-20)35-19-22-10-6-3-7-11-22)32(34)37-24-12-14-25-28(18-24)38-29(31(25)33)16-21-8-4-2-5-9-21/h2-18H,19H2,1H3/b29-16-. The Morgan fingerprint density at radius 1 is 0.868 bits per heavy atom. The fourth-order valence-corrected chi connectivity index (χ4v) is 4.37. The summed E-state index contributed by atoms with van der Waals surface area (Å²) < 4.78 is 23.2. The SMILES string of the molecule is Cc1oc2ccc(OCc3ccccc3)cc2c1C(=O)Oc1ccc2c(c1)O/C(=C\c1ccccc1)C2=O. The number of aryl methyl sites for hydroxylation is 1. The molecule has 1 aromatic heterocycles. The first-order chi connectivity index (χ1) is 18.5. The Hall–Kier alpha value is -5.10. The highest BCUT2D eigenvalue weighted by molar-refractivity contribution is 6.14. The van der Waals surface area contributed by atoms with Crippen LogP contribution >= 0.6 is 0 Å². The molecule has 6 rings (SSSR count). The lowest BCUT2D eigenvalue weighted by Crippen LogP contribution is -2.09. The largest absolute Gasteiger partial charge is 0.489 e. The fourth-order valence-electron chi connectivity index (χ4n) is 4.37. The number of carbonyl (C=O) groups is 2. The number of Topliss-reactive ketones (excluding diaryl/α,β-unsaturated/α-hetero) is 1. The summed E-state index contributed by atoms with van der Waals surface area (Å²) in [6, 6.07) is 29.3. The molecule has 0 fully saturated rings. The lowest BCUT2D eigenvalue weighted by molar-refractivity contribution is 0.0734. The van der Waals surface area contributed by atoms with Gasteiger partial charge in [0.05, 0.1) is 5.56 Å². The van der Waals surface area contributed by atoms with E-state index >= 15 is 0 Å². The van der Waals surface area contributed by atoms with Gasteiger partial charge in [0.1, 0.15) is 40.8 Å². The Balaban J connectivity index is 1.22. The van der Waals surface area contributed by atoms with Crippen LogP contribution in [0.15, 0.2) is 107 Å². The molecule has 4 aromatic carbocycles.